The van der Waals surface area contributed by atoms with Crippen molar-refractivity contribution in [3.8, 4) is 67.3 Å². The minimum atomic E-state index is 0.708. The molecule has 3 heteroatoms. The Morgan fingerprint density at radius 2 is 0.792 bits per heavy atom. The molecule has 53 heavy (non-hydrogen) atoms. The molecule has 0 unspecified atom stereocenters. The maximum absolute atomic E-state index is 6.62. The van der Waals surface area contributed by atoms with Gasteiger partial charge in [0.15, 0.2) is 5.82 Å². The van der Waals surface area contributed by atoms with Gasteiger partial charge >= 0.3 is 0 Å². The summed E-state index contributed by atoms with van der Waals surface area (Å²) >= 11 is 0. The summed E-state index contributed by atoms with van der Waals surface area (Å²) in [6.07, 6.45) is 0. The summed E-state index contributed by atoms with van der Waals surface area (Å²) in [7, 11) is 0. The Morgan fingerprint density at radius 1 is 0.302 bits per heavy atom. The van der Waals surface area contributed by atoms with Gasteiger partial charge in [-0.25, -0.2) is 9.97 Å². The van der Waals surface area contributed by atoms with Crippen molar-refractivity contribution in [1.82, 2.24) is 9.97 Å². The second-order valence-corrected chi connectivity index (χ2v) is 13.3. The van der Waals surface area contributed by atoms with E-state index in [9.17, 15) is 0 Å². The normalized spacial score (nSPS) is 11.4. The fourth-order valence-electron chi connectivity index (χ4n) is 7.50. The van der Waals surface area contributed by atoms with Crippen molar-refractivity contribution in [2.45, 2.75) is 0 Å². The molecule has 2 aromatic heterocycles. The van der Waals surface area contributed by atoms with E-state index in [0.717, 1.165) is 77.5 Å². The standard InChI is InChI=1S/C50H32N2O/c1-4-14-33(15-5-1)39-20-10-11-21-40(39)38-28-29-48-44(30-38)45-31-43(41-22-12-13-23-42(41)49(45)53-48)34-24-26-36(27-25-34)47-32-46(35-16-6-2-7-17-35)51-50(52-47)37-18-8-3-9-19-37/h1-32H. The minimum absolute atomic E-state index is 0.708. The van der Waals surface area contributed by atoms with Crippen molar-refractivity contribution in [3.05, 3.63) is 194 Å². The molecule has 0 atom stereocenters. The van der Waals surface area contributed by atoms with Crippen LogP contribution in [0.3, 0.4) is 0 Å². The lowest BCUT2D eigenvalue weighted by Gasteiger charge is -2.11. The zero-order valence-electron chi connectivity index (χ0n) is 28.8. The Labute approximate surface area is 307 Å². The van der Waals surface area contributed by atoms with Crippen LogP contribution in [0.2, 0.25) is 0 Å². The molecule has 0 amide bonds. The molecule has 0 aliphatic heterocycles. The minimum Gasteiger partial charge on any atom is -0.455 e. The van der Waals surface area contributed by atoms with E-state index in [1.807, 2.05) is 36.4 Å². The first-order valence-corrected chi connectivity index (χ1v) is 17.9. The second kappa shape index (κ2) is 12.9. The van der Waals surface area contributed by atoms with Crippen LogP contribution < -0.4 is 0 Å². The van der Waals surface area contributed by atoms with Gasteiger partial charge in [-0.05, 0) is 63.0 Å². The molecule has 0 saturated heterocycles. The van der Waals surface area contributed by atoms with Gasteiger partial charge in [0.25, 0.3) is 0 Å². The van der Waals surface area contributed by atoms with Crippen LogP contribution in [0.25, 0.3) is 100.0 Å². The largest absolute Gasteiger partial charge is 0.455 e. The average molecular weight is 677 g/mol. The van der Waals surface area contributed by atoms with E-state index < -0.39 is 0 Å². The SMILES string of the molecule is c1ccc(-c2cc(-c3ccc(-c4cc5c6cc(-c7ccccc7-c7ccccc7)ccc6oc5c5ccccc45)cc3)nc(-c3ccccc3)n2)cc1. The summed E-state index contributed by atoms with van der Waals surface area (Å²) < 4.78 is 6.62. The Hall–Kier alpha value is -7.10. The first-order chi connectivity index (χ1) is 26.3. The van der Waals surface area contributed by atoms with E-state index in [2.05, 4.69) is 158 Å². The van der Waals surface area contributed by atoms with Crippen LogP contribution in [0, 0.1) is 0 Å². The highest BCUT2D eigenvalue weighted by Gasteiger charge is 2.17. The zero-order chi connectivity index (χ0) is 35.1. The topological polar surface area (TPSA) is 38.9 Å². The Kier molecular flexibility index (Phi) is 7.47. The third-order valence-electron chi connectivity index (χ3n) is 10.1. The number of rotatable bonds is 6. The maximum atomic E-state index is 6.62. The summed E-state index contributed by atoms with van der Waals surface area (Å²) in [6.45, 7) is 0. The van der Waals surface area contributed by atoms with Crippen molar-refractivity contribution in [2.24, 2.45) is 0 Å². The van der Waals surface area contributed by atoms with Gasteiger partial charge in [-0.15, -0.1) is 0 Å². The summed E-state index contributed by atoms with van der Waals surface area (Å²) in [4.78, 5) is 10.0. The quantitative estimate of drug-likeness (QED) is 0.176. The molecule has 10 rings (SSSR count). The number of fused-ring (bicyclic) bond motifs is 5. The van der Waals surface area contributed by atoms with E-state index in [-0.39, 0.29) is 0 Å². The van der Waals surface area contributed by atoms with E-state index in [1.54, 1.807) is 0 Å². The highest BCUT2D eigenvalue weighted by Crippen LogP contribution is 2.42. The van der Waals surface area contributed by atoms with Gasteiger partial charge in [0.2, 0.25) is 0 Å². The molecule has 0 bridgehead atoms. The molecule has 0 spiro atoms. The monoisotopic (exact) mass is 676 g/mol. The smallest absolute Gasteiger partial charge is 0.160 e. The molecular weight excluding hydrogens is 645 g/mol. The number of aromatic nitrogens is 2. The van der Waals surface area contributed by atoms with Crippen LogP contribution in [0.1, 0.15) is 0 Å². The summed E-state index contributed by atoms with van der Waals surface area (Å²) in [5.41, 5.74) is 13.7. The number of benzene rings is 8. The zero-order valence-corrected chi connectivity index (χ0v) is 28.8. The predicted octanol–water partition coefficient (Wildman–Crippen LogP) is 13.5. The van der Waals surface area contributed by atoms with Crippen LogP contribution in [0.4, 0.5) is 0 Å². The molecular formula is C50H32N2O. The Balaban J connectivity index is 1.10. The molecule has 0 aliphatic rings. The summed E-state index contributed by atoms with van der Waals surface area (Å²) in [6, 6.07) is 68.0. The highest BCUT2D eigenvalue weighted by atomic mass is 16.3. The average Bonchev–Trinajstić information content (AvgIpc) is 3.62. The van der Waals surface area contributed by atoms with E-state index >= 15 is 0 Å². The third-order valence-corrected chi connectivity index (χ3v) is 10.1. The van der Waals surface area contributed by atoms with Gasteiger partial charge in [-0.1, -0.05) is 170 Å². The lowest BCUT2D eigenvalue weighted by atomic mass is 9.92. The third kappa shape index (κ3) is 5.56. The highest BCUT2D eigenvalue weighted by molar-refractivity contribution is 6.19. The lowest BCUT2D eigenvalue weighted by Crippen LogP contribution is -1.95. The van der Waals surface area contributed by atoms with Crippen molar-refractivity contribution in [2.75, 3.05) is 0 Å². The van der Waals surface area contributed by atoms with Crippen molar-refractivity contribution < 1.29 is 4.42 Å². The molecule has 0 aliphatic carbocycles. The van der Waals surface area contributed by atoms with Crippen molar-refractivity contribution >= 4 is 32.7 Å². The van der Waals surface area contributed by atoms with Gasteiger partial charge in [0.1, 0.15) is 11.2 Å². The summed E-state index contributed by atoms with van der Waals surface area (Å²) in [5, 5.41) is 4.46. The fourth-order valence-corrected chi connectivity index (χ4v) is 7.50. The molecule has 248 valence electrons. The number of hydrogen-bond donors (Lipinski definition) is 0. The fraction of sp³-hybridized carbons (Fsp3) is 0. The molecule has 0 saturated carbocycles. The molecule has 0 N–H and O–H groups in total. The van der Waals surface area contributed by atoms with Crippen LogP contribution in [0.15, 0.2) is 199 Å². The lowest BCUT2D eigenvalue weighted by molar-refractivity contribution is 0.673. The van der Waals surface area contributed by atoms with Crippen LogP contribution in [-0.4, -0.2) is 9.97 Å². The van der Waals surface area contributed by atoms with Gasteiger partial charge < -0.3 is 4.42 Å². The van der Waals surface area contributed by atoms with Crippen molar-refractivity contribution in [1.29, 1.82) is 0 Å². The molecule has 0 fully saturated rings. The van der Waals surface area contributed by atoms with Gasteiger partial charge in [0.05, 0.1) is 11.4 Å². The van der Waals surface area contributed by atoms with Crippen LogP contribution >= 0.6 is 0 Å². The van der Waals surface area contributed by atoms with E-state index in [1.165, 1.54) is 16.7 Å². The second-order valence-electron chi connectivity index (χ2n) is 13.3. The number of hydrogen-bond acceptors (Lipinski definition) is 3. The Morgan fingerprint density at radius 3 is 1.47 bits per heavy atom. The first kappa shape index (κ1) is 30.7. The van der Waals surface area contributed by atoms with Gasteiger partial charge in [-0.3, -0.25) is 0 Å². The summed E-state index contributed by atoms with van der Waals surface area (Å²) in [5.74, 6) is 0.708. The van der Waals surface area contributed by atoms with Gasteiger partial charge in [0, 0.05) is 32.8 Å². The van der Waals surface area contributed by atoms with Crippen molar-refractivity contribution in [3.63, 3.8) is 0 Å². The first-order valence-electron chi connectivity index (χ1n) is 17.9. The molecule has 0 radical (unpaired) electrons. The molecule has 8 aromatic carbocycles. The predicted molar refractivity (Wildman–Crippen MR) is 219 cm³/mol. The maximum Gasteiger partial charge on any atom is 0.160 e. The number of nitrogens with zero attached hydrogens (tertiary/aromatic N) is 2. The van der Waals surface area contributed by atoms with E-state index in [0.29, 0.717) is 5.82 Å². The van der Waals surface area contributed by atoms with Crippen LogP contribution in [-0.2, 0) is 0 Å². The molecule has 2 heterocycles. The Bertz CT molecular complexity index is 2860. The number of furan rings is 1. The molecule has 10 aromatic rings. The van der Waals surface area contributed by atoms with Gasteiger partial charge in [-0.2, -0.15) is 0 Å². The molecule has 3 nitrogen and oxygen atoms in total. The van der Waals surface area contributed by atoms with Crippen LogP contribution in [0.5, 0.6) is 0 Å². The van der Waals surface area contributed by atoms with E-state index in [4.69, 9.17) is 14.4 Å².